The van der Waals surface area contributed by atoms with Gasteiger partial charge in [0.2, 0.25) is 5.82 Å². The Bertz CT molecular complexity index is 780. The normalized spacial score (nSPS) is 15.5. The van der Waals surface area contributed by atoms with Crippen molar-refractivity contribution in [2.45, 2.75) is 39.5 Å². The van der Waals surface area contributed by atoms with Crippen LogP contribution in [-0.4, -0.2) is 51.8 Å². The lowest BCUT2D eigenvalue weighted by Gasteiger charge is -2.31. The molecule has 1 N–H and O–H groups in total. The number of carbonyl (C=O) groups is 1. The first-order chi connectivity index (χ1) is 13.0. The predicted molar refractivity (Wildman–Crippen MR) is 103 cm³/mol. The summed E-state index contributed by atoms with van der Waals surface area (Å²) in [5.41, 5.74) is 0.317. The van der Waals surface area contributed by atoms with E-state index in [1.54, 1.807) is 18.2 Å². The van der Waals surface area contributed by atoms with Gasteiger partial charge in [-0.25, -0.2) is 14.1 Å². The van der Waals surface area contributed by atoms with Crippen LogP contribution in [0.4, 0.5) is 4.39 Å². The number of amides is 1. The van der Waals surface area contributed by atoms with Crippen molar-refractivity contribution in [2.75, 3.05) is 26.2 Å². The minimum absolute atomic E-state index is 0.0181. The molecule has 2 aromatic rings. The van der Waals surface area contributed by atoms with Crippen molar-refractivity contribution in [3.05, 3.63) is 41.7 Å². The number of aromatic nitrogens is 3. The van der Waals surface area contributed by atoms with Gasteiger partial charge in [-0.3, -0.25) is 4.79 Å². The summed E-state index contributed by atoms with van der Waals surface area (Å²) in [6, 6.07) is 6.42. The number of nitrogens with one attached hydrogen (secondary N) is 1. The Morgan fingerprint density at radius 2 is 2.00 bits per heavy atom. The van der Waals surface area contributed by atoms with Gasteiger partial charge in [0.25, 0.3) is 5.91 Å². The smallest absolute Gasteiger partial charge is 0.293 e. The Balaban J connectivity index is 1.78. The molecule has 1 aliphatic heterocycles. The molecule has 27 heavy (non-hydrogen) atoms. The number of hydrogen-bond acceptors (Lipinski definition) is 4. The lowest BCUT2D eigenvalue weighted by atomic mass is 9.97. The third kappa shape index (κ3) is 4.35. The zero-order valence-electron chi connectivity index (χ0n) is 16.3. The third-order valence-electron chi connectivity index (χ3n) is 5.01. The number of carbonyl (C=O) groups excluding carboxylic acids is 1. The fraction of sp³-hybridized carbons (Fsp3) is 0.550. The summed E-state index contributed by atoms with van der Waals surface area (Å²) in [7, 11) is 0. The molecule has 1 saturated heterocycles. The molecule has 0 aliphatic carbocycles. The topological polar surface area (TPSA) is 63.1 Å². The number of halogens is 1. The lowest BCUT2D eigenvalue weighted by Crippen LogP contribution is -2.41. The highest BCUT2D eigenvalue weighted by atomic mass is 19.1. The number of benzene rings is 1. The Hall–Kier alpha value is -2.28. The summed E-state index contributed by atoms with van der Waals surface area (Å²) in [4.78, 5) is 19.2. The Labute approximate surface area is 159 Å². The summed E-state index contributed by atoms with van der Waals surface area (Å²) < 4.78 is 15.7. The second-order valence-corrected chi connectivity index (χ2v) is 7.35. The molecule has 2 heterocycles. The van der Waals surface area contributed by atoms with E-state index in [0.717, 1.165) is 25.9 Å². The van der Waals surface area contributed by atoms with Gasteiger partial charge in [0.05, 0.1) is 0 Å². The maximum atomic E-state index is 14.2. The average Bonchev–Trinajstić information content (AvgIpc) is 3.12. The molecule has 0 unspecified atom stereocenters. The van der Waals surface area contributed by atoms with Crippen LogP contribution in [0.2, 0.25) is 0 Å². The Morgan fingerprint density at radius 3 is 2.63 bits per heavy atom. The highest BCUT2D eigenvalue weighted by Gasteiger charge is 2.28. The van der Waals surface area contributed by atoms with Crippen LogP contribution in [-0.2, 0) is 0 Å². The summed E-state index contributed by atoms with van der Waals surface area (Å²) >= 11 is 0. The number of piperidine rings is 1. The molecule has 0 saturated carbocycles. The van der Waals surface area contributed by atoms with E-state index in [-0.39, 0.29) is 23.5 Å². The maximum Gasteiger partial charge on any atom is 0.293 e. The van der Waals surface area contributed by atoms with Crippen molar-refractivity contribution in [3.8, 4) is 5.69 Å². The van der Waals surface area contributed by atoms with Crippen LogP contribution in [0.15, 0.2) is 24.3 Å². The molecular formula is C20H28FN5O. The molecule has 1 fully saturated rings. The van der Waals surface area contributed by atoms with E-state index in [0.29, 0.717) is 30.5 Å². The molecule has 0 bridgehead atoms. The average molecular weight is 373 g/mol. The summed E-state index contributed by atoms with van der Waals surface area (Å²) in [5, 5.41) is 7.74. The van der Waals surface area contributed by atoms with E-state index >= 15 is 0 Å². The van der Waals surface area contributed by atoms with Gasteiger partial charge in [-0.15, -0.1) is 5.10 Å². The van der Waals surface area contributed by atoms with Crippen molar-refractivity contribution in [3.63, 3.8) is 0 Å². The largest absolute Gasteiger partial charge is 0.336 e. The van der Waals surface area contributed by atoms with Crippen molar-refractivity contribution in [1.82, 2.24) is 25.0 Å². The van der Waals surface area contributed by atoms with Crippen molar-refractivity contribution >= 4 is 5.91 Å². The van der Waals surface area contributed by atoms with Gasteiger partial charge in [0.15, 0.2) is 0 Å². The second-order valence-electron chi connectivity index (χ2n) is 7.35. The van der Waals surface area contributed by atoms with Gasteiger partial charge in [0, 0.05) is 19.0 Å². The van der Waals surface area contributed by atoms with E-state index in [1.807, 2.05) is 18.7 Å². The fourth-order valence-corrected chi connectivity index (χ4v) is 3.42. The van der Waals surface area contributed by atoms with Gasteiger partial charge in [-0.1, -0.05) is 32.9 Å². The number of hydrogen-bond donors (Lipinski definition) is 1. The Morgan fingerprint density at radius 1 is 1.30 bits per heavy atom. The molecule has 7 heteroatoms. The quantitative estimate of drug-likeness (QED) is 0.846. The van der Waals surface area contributed by atoms with E-state index in [4.69, 9.17) is 0 Å². The number of nitrogens with zero attached hydrogens (tertiary/aromatic N) is 4. The van der Waals surface area contributed by atoms with Gasteiger partial charge >= 0.3 is 0 Å². The van der Waals surface area contributed by atoms with Gasteiger partial charge in [-0.2, -0.15) is 0 Å². The van der Waals surface area contributed by atoms with Crippen molar-refractivity contribution in [1.29, 1.82) is 0 Å². The molecule has 0 radical (unpaired) electrons. The number of rotatable bonds is 6. The van der Waals surface area contributed by atoms with Crippen molar-refractivity contribution in [2.24, 2.45) is 5.92 Å². The molecule has 0 atom stereocenters. The van der Waals surface area contributed by atoms with Crippen LogP contribution >= 0.6 is 0 Å². The van der Waals surface area contributed by atoms with Gasteiger partial charge < -0.3 is 10.2 Å². The molecule has 1 aliphatic rings. The monoisotopic (exact) mass is 373 g/mol. The Kier molecular flexibility index (Phi) is 6.21. The van der Waals surface area contributed by atoms with E-state index in [1.165, 1.54) is 10.7 Å². The van der Waals surface area contributed by atoms with E-state index in [9.17, 15) is 9.18 Å². The van der Waals surface area contributed by atoms with Crippen LogP contribution in [0.3, 0.4) is 0 Å². The highest BCUT2D eigenvalue weighted by Crippen LogP contribution is 2.22. The maximum absolute atomic E-state index is 14.2. The van der Waals surface area contributed by atoms with Crippen LogP contribution < -0.4 is 5.32 Å². The summed E-state index contributed by atoms with van der Waals surface area (Å²) in [6.45, 7) is 9.40. The molecule has 1 aromatic carbocycles. The van der Waals surface area contributed by atoms with Crippen molar-refractivity contribution < 1.29 is 9.18 Å². The van der Waals surface area contributed by atoms with E-state index in [2.05, 4.69) is 22.3 Å². The zero-order valence-corrected chi connectivity index (χ0v) is 16.3. The predicted octanol–water partition coefficient (Wildman–Crippen LogP) is 2.99. The zero-order chi connectivity index (χ0) is 19.4. The minimum Gasteiger partial charge on any atom is -0.336 e. The van der Waals surface area contributed by atoms with Gasteiger partial charge in [-0.05, 0) is 44.0 Å². The van der Waals surface area contributed by atoms with E-state index < -0.39 is 0 Å². The summed E-state index contributed by atoms with van der Waals surface area (Å²) in [6.07, 6.45) is 1.95. The molecule has 3 rings (SSSR count). The fourth-order valence-electron chi connectivity index (χ4n) is 3.42. The molecular weight excluding hydrogens is 345 g/mol. The lowest BCUT2D eigenvalue weighted by molar-refractivity contribution is 0.0678. The molecule has 6 nitrogen and oxygen atoms in total. The SMILES string of the molecule is CCNCC1CCN(C(=O)c2nc(C(C)C)n(-c3ccccc3F)n2)CC1. The van der Waals surface area contributed by atoms with Crippen LogP contribution in [0.5, 0.6) is 0 Å². The first-order valence-electron chi connectivity index (χ1n) is 9.73. The third-order valence-corrected chi connectivity index (χ3v) is 5.01. The first-order valence-corrected chi connectivity index (χ1v) is 9.73. The molecule has 0 spiro atoms. The number of likely N-dealkylation sites (tertiary alicyclic amines) is 1. The summed E-state index contributed by atoms with van der Waals surface area (Å²) in [5.74, 6) is 0.799. The van der Waals surface area contributed by atoms with Gasteiger partial charge in [0.1, 0.15) is 17.3 Å². The second kappa shape index (κ2) is 8.61. The van der Waals surface area contributed by atoms with Crippen LogP contribution in [0.1, 0.15) is 56.0 Å². The molecule has 1 aromatic heterocycles. The standard InChI is InChI=1S/C20H28FN5O/c1-4-22-13-15-9-11-25(12-10-15)20(27)18-23-19(14(2)3)26(24-18)17-8-6-5-7-16(17)21/h5-8,14-15,22H,4,9-13H2,1-3H3. The first kappa shape index (κ1) is 19.5. The molecule has 146 valence electrons. The minimum atomic E-state index is -0.382. The van der Waals surface area contributed by atoms with Crippen LogP contribution in [0, 0.1) is 11.7 Å². The highest BCUT2D eigenvalue weighted by molar-refractivity contribution is 5.90. The molecule has 1 amide bonds. The number of para-hydroxylation sites is 1. The van der Waals surface area contributed by atoms with Crippen LogP contribution in [0.25, 0.3) is 5.69 Å².